The monoisotopic (exact) mass is 361 g/mol. The van der Waals surface area contributed by atoms with E-state index in [0.29, 0.717) is 34.4 Å². The van der Waals surface area contributed by atoms with Crippen LogP contribution in [0, 0.1) is 0 Å². The highest BCUT2D eigenvalue weighted by atomic mass is 32.2. The van der Waals surface area contributed by atoms with E-state index in [2.05, 4.69) is 4.98 Å². The molecule has 0 N–H and O–H groups in total. The highest BCUT2D eigenvalue weighted by Gasteiger charge is 2.18. The van der Waals surface area contributed by atoms with Crippen LogP contribution in [-0.4, -0.2) is 19.9 Å². The van der Waals surface area contributed by atoms with Crippen molar-refractivity contribution >= 4 is 33.9 Å². The fourth-order valence-electron chi connectivity index (χ4n) is 2.77. The summed E-state index contributed by atoms with van der Waals surface area (Å²) in [7, 11) is 0. The number of imidazole rings is 1. The van der Waals surface area contributed by atoms with Gasteiger partial charge < -0.3 is 4.42 Å². The molecule has 0 saturated carbocycles. The second-order valence-corrected chi connectivity index (χ2v) is 6.43. The lowest BCUT2D eigenvalue weighted by molar-refractivity contribution is 0.0656. The number of aromatic nitrogens is 3. The molecule has 0 atom stereocenters. The molecule has 25 heavy (non-hydrogen) atoms. The predicted molar refractivity (Wildman–Crippen MR) is 92.2 cm³/mol. The summed E-state index contributed by atoms with van der Waals surface area (Å²) in [5.74, 6) is -0.0383. The Hall–Kier alpha value is -2.61. The molecule has 8 heteroatoms. The van der Waals surface area contributed by atoms with E-state index >= 15 is 0 Å². The van der Waals surface area contributed by atoms with E-state index in [4.69, 9.17) is 4.42 Å². The van der Waals surface area contributed by atoms with Crippen molar-refractivity contribution < 1.29 is 13.2 Å². The highest BCUT2D eigenvalue weighted by Crippen LogP contribution is 2.29. The van der Waals surface area contributed by atoms with Gasteiger partial charge in [0.2, 0.25) is 0 Å². The molecule has 5 nitrogen and oxygen atoms in total. The second-order valence-electron chi connectivity index (χ2n) is 5.37. The maximum Gasteiger partial charge on any atom is 0.419 e. The molecule has 2 heterocycles. The number of rotatable bonds is 5. The van der Waals surface area contributed by atoms with E-state index in [1.54, 1.807) is 42.5 Å². The molecule has 2 aromatic carbocycles. The van der Waals surface area contributed by atoms with Gasteiger partial charge in [0.1, 0.15) is 0 Å². The van der Waals surface area contributed by atoms with Crippen molar-refractivity contribution in [2.75, 3.05) is 5.75 Å². The van der Waals surface area contributed by atoms with Gasteiger partial charge in [-0.2, -0.15) is 8.78 Å². The van der Waals surface area contributed by atoms with Crippen LogP contribution in [0.15, 0.2) is 62.9 Å². The number of para-hydroxylation sites is 4. The number of thioether (sulfide) groups is 1. The third kappa shape index (κ3) is 2.82. The van der Waals surface area contributed by atoms with Gasteiger partial charge in [0.05, 0.1) is 16.6 Å². The van der Waals surface area contributed by atoms with Gasteiger partial charge in [-0.1, -0.05) is 36.0 Å². The van der Waals surface area contributed by atoms with Crippen molar-refractivity contribution in [3.8, 4) is 0 Å². The molecule has 0 aliphatic heterocycles. The van der Waals surface area contributed by atoms with Crippen LogP contribution in [0.1, 0.15) is 6.55 Å². The van der Waals surface area contributed by atoms with Crippen LogP contribution in [0.3, 0.4) is 0 Å². The lowest BCUT2D eigenvalue weighted by atomic mass is 10.3. The van der Waals surface area contributed by atoms with E-state index in [1.807, 2.05) is 6.07 Å². The number of aryl methyl sites for hydroxylation is 1. The maximum atomic E-state index is 13.4. The summed E-state index contributed by atoms with van der Waals surface area (Å²) >= 11 is 1.19. The fraction of sp³-hybridized carbons (Fsp3) is 0.176. The van der Waals surface area contributed by atoms with Crippen LogP contribution in [0.5, 0.6) is 0 Å². The van der Waals surface area contributed by atoms with E-state index in [-0.39, 0.29) is 5.16 Å². The van der Waals surface area contributed by atoms with Gasteiger partial charge in [-0.25, -0.2) is 9.78 Å². The molecule has 2 aromatic heterocycles. The van der Waals surface area contributed by atoms with Crippen LogP contribution in [0.4, 0.5) is 8.78 Å². The number of nitrogens with zero attached hydrogens (tertiary/aromatic N) is 3. The van der Waals surface area contributed by atoms with Crippen LogP contribution in [0.25, 0.3) is 22.1 Å². The summed E-state index contributed by atoms with van der Waals surface area (Å²) in [5.41, 5.74) is 2.12. The van der Waals surface area contributed by atoms with Gasteiger partial charge in [0, 0.05) is 12.3 Å². The van der Waals surface area contributed by atoms with Crippen molar-refractivity contribution in [2.24, 2.45) is 0 Å². The molecule has 0 radical (unpaired) electrons. The van der Waals surface area contributed by atoms with Crippen molar-refractivity contribution in [1.82, 2.24) is 14.1 Å². The smallest absolute Gasteiger partial charge is 0.408 e. The molecule has 128 valence electrons. The van der Waals surface area contributed by atoms with Gasteiger partial charge in [-0.05, 0) is 24.3 Å². The van der Waals surface area contributed by atoms with Gasteiger partial charge in [-0.15, -0.1) is 0 Å². The largest absolute Gasteiger partial charge is 0.419 e. The summed E-state index contributed by atoms with van der Waals surface area (Å²) in [6, 6.07) is 13.9. The predicted octanol–water partition coefficient (Wildman–Crippen LogP) is 4.13. The number of hydrogen-bond acceptors (Lipinski definition) is 4. The first kappa shape index (κ1) is 15.9. The number of oxazole rings is 1. The molecule has 0 bridgehead atoms. The number of benzene rings is 2. The minimum atomic E-state index is -2.67. The number of hydrogen-bond donors (Lipinski definition) is 0. The van der Waals surface area contributed by atoms with Crippen LogP contribution >= 0.6 is 11.8 Å². The van der Waals surface area contributed by atoms with E-state index in [0.717, 1.165) is 4.57 Å². The highest BCUT2D eigenvalue weighted by molar-refractivity contribution is 7.99. The van der Waals surface area contributed by atoms with Crippen LogP contribution in [0.2, 0.25) is 0 Å². The van der Waals surface area contributed by atoms with E-state index < -0.39 is 12.3 Å². The SMILES string of the molecule is O=c1oc2ccccc2n1CCSc1nc2ccccc2n1C(F)F. The van der Waals surface area contributed by atoms with Gasteiger partial charge >= 0.3 is 12.3 Å². The maximum absolute atomic E-state index is 13.4. The standard InChI is InChI=1S/C17H13F2N3O2S/c18-15(19)22-12-6-2-1-5-11(12)20-16(22)25-10-9-21-13-7-3-4-8-14(13)24-17(21)23/h1-8,15H,9-10H2. The molecule has 0 aliphatic carbocycles. The molecule has 0 saturated heterocycles. The Kier molecular flexibility index (Phi) is 4.04. The molecule has 0 amide bonds. The Morgan fingerprint density at radius 1 is 1.08 bits per heavy atom. The lowest BCUT2D eigenvalue weighted by Crippen LogP contribution is -2.15. The Morgan fingerprint density at radius 2 is 1.80 bits per heavy atom. The normalized spacial score (nSPS) is 11.8. The third-order valence-electron chi connectivity index (χ3n) is 3.88. The summed E-state index contributed by atoms with van der Waals surface area (Å²) in [4.78, 5) is 16.2. The molecule has 0 aliphatic rings. The van der Waals surface area contributed by atoms with Crippen molar-refractivity contribution in [3.63, 3.8) is 0 Å². The fourth-order valence-corrected chi connectivity index (χ4v) is 3.70. The minimum Gasteiger partial charge on any atom is -0.408 e. The topological polar surface area (TPSA) is 53.0 Å². The lowest BCUT2D eigenvalue weighted by Gasteiger charge is -2.07. The zero-order chi connectivity index (χ0) is 17.4. The molecule has 4 rings (SSSR count). The summed E-state index contributed by atoms with van der Waals surface area (Å²) < 4.78 is 34.4. The van der Waals surface area contributed by atoms with Gasteiger partial charge in [0.15, 0.2) is 10.7 Å². The second kappa shape index (κ2) is 6.36. The van der Waals surface area contributed by atoms with Crippen LogP contribution in [-0.2, 0) is 6.54 Å². The zero-order valence-corrected chi connectivity index (χ0v) is 13.7. The van der Waals surface area contributed by atoms with Crippen molar-refractivity contribution in [3.05, 3.63) is 59.1 Å². The minimum absolute atomic E-state index is 0.233. The average Bonchev–Trinajstić information content (AvgIpc) is 3.12. The van der Waals surface area contributed by atoms with Crippen LogP contribution < -0.4 is 5.76 Å². The Labute approximate surface area is 144 Å². The first-order valence-corrected chi connectivity index (χ1v) is 8.60. The number of halogens is 2. The molecule has 0 unspecified atom stereocenters. The molecular formula is C17H13F2N3O2S. The van der Waals surface area contributed by atoms with Crippen molar-refractivity contribution in [1.29, 1.82) is 0 Å². The molecule has 0 spiro atoms. The number of fused-ring (bicyclic) bond motifs is 2. The zero-order valence-electron chi connectivity index (χ0n) is 12.9. The Morgan fingerprint density at radius 3 is 2.60 bits per heavy atom. The Bertz CT molecular complexity index is 1100. The van der Waals surface area contributed by atoms with Gasteiger partial charge in [-0.3, -0.25) is 9.13 Å². The quantitative estimate of drug-likeness (QED) is 0.502. The Balaban J connectivity index is 1.59. The summed E-state index contributed by atoms with van der Waals surface area (Å²) in [6.45, 7) is -2.33. The number of alkyl halides is 2. The van der Waals surface area contributed by atoms with E-state index in [1.165, 1.54) is 16.3 Å². The van der Waals surface area contributed by atoms with Gasteiger partial charge in [0.25, 0.3) is 0 Å². The van der Waals surface area contributed by atoms with Crippen molar-refractivity contribution in [2.45, 2.75) is 18.3 Å². The molecule has 0 fully saturated rings. The first-order chi connectivity index (χ1) is 12.1. The first-order valence-electron chi connectivity index (χ1n) is 7.61. The third-order valence-corrected chi connectivity index (χ3v) is 4.81. The summed E-state index contributed by atoms with van der Waals surface area (Å²) in [6.07, 6.45) is 0. The molecular weight excluding hydrogens is 348 g/mol. The molecule has 4 aromatic rings. The average molecular weight is 361 g/mol. The van der Waals surface area contributed by atoms with E-state index in [9.17, 15) is 13.6 Å². The summed E-state index contributed by atoms with van der Waals surface area (Å²) in [5, 5.41) is 0.233.